The van der Waals surface area contributed by atoms with Crippen molar-refractivity contribution in [3.05, 3.63) is 121 Å². The van der Waals surface area contributed by atoms with Gasteiger partial charge in [0.2, 0.25) is 0 Å². The molecule has 0 radical (unpaired) electrons. The number of anilines is 4. The van der Waals surface area contributed by atoms with E-state index in [1.54, 1.807) is 12.4 Å². The first-order chi connectivity index (χ1) is 22.7. The number of hydrogen-bond donors (Lipinski definition) is 2. The van der Waals surface area contributed by atoms with Crippen LogP contribution in [0.3, 0.4) is 0 Å². The van der Waals surface area contributed by atoms with E-state index in [4.69, 9.17) is 9.47 Å². The quantitative estimate of drug-likeness (QED) is 0.205. The minimum atomic E-state index is -0.151. The van der Waals surface area contributed by atoms with Crippen molar-refractivity contribution in [2.24, 2.45) is 0 Å². The molecule has 1 saturated heterocycles. The topological polar surface area (TPSA) is 93.5 Å². The lowest BCUT2D eigenvalue weighted by Gasteiger charge is -2.28. The molecular weight excluding hydrogens is 576 g/mol. The van der Waals surface area contributed by atoms with Crippen LogP contribution in [0.5, 0.6) is 5.75 Å². The fraction of sp³-hybridized carbons (Fsp3) is 0.162. The van der Waals surface area contributed by atoms with Crippen LogP contribution in [0.15, 0.2) is 110 Å². The normalized spacial score (nSPS) is 14.2. The van der Waals surface area contributed by atoms with E-state index >= 15 is 0 Å². The number of fused-ring (bicyclic) bond motifs is 3. The highest BCUT2D eigenvalue weighted by Crippen LogP contribution is 2.38. The summed E-state index contributed by atoms with van der Waals surface area (Å²) < 4.78 is 13.6. The minimum Gasteiger partial charge on any atom is -0.493 e. The SMILES string of the molecule is O=C1Nc2cc(CCOc3ccc(N4CCOCC4)cc3)ccc2Nc2cc(-c3cn(-c4ccccn4)c4cnccc34)ccc21. The van der Waals surface area contributed by atoms with Crippen LogP contribution in [0.25, 0.3) is 27.8 Å². The van der Waals surface area contributed by atoms with Crippen molar-refractivity contribution in [3.8, 4) is 22.7 Å². The molecule has 1 fully saturated rings. The Balaban J connectivity index is 0.997. The van der Waals surface area contributed by atoms with Crippen LogP contribution in [0.2, 0.25) is 0 Å². The van der Waals surface area contributed by atoms with E-state index in [-0.39, 0.29) is 5.91 Å². The summed E-state index contributed by atoms with van der Waals surface area (Å²) in [6.07, 6.45) is 8.21. The molecule has 1 amide bonds. The average Bonchev–Trinajstić information content (AvgIpc) is 3.43. The van der Waals surface area contributed by atoms with Crippen molar-refractivity contribution in [2.75, 3.05) is 48.4 Å². The average molecular weight is 609 g/mol. The molecule has 9 nitrogen and oxygen atoms in total. The Morgan fingerprint density at radius 3 is 2.57 bits per heavy atom. The van der Waals surface area contributed by atoms with Gasteiger partial charge in [-0.15, -0.1) is 0 Å². The van der Waals surface area contributed by atoms with Gasteiger partial charge in [-0.2, -0.15) is 0 Å². The number of ether oxygens (including phenoxy) is 2. The lowest BCUT2D eigenvalue weighted by atomic mass is 10.0. The van der Waals surface area contributed by atoms with Gasteiger partial charge in [0.05, 0.1) is 54.2 Å². The largest absolute Gasteiger partial charge is 0.493 e. The van der Waals surface area contributed by atoms with Crippen molar-refractivity contribution in [1.29, 1.82) is 0 Å². The number of nitrogens with zero attached hydrogens (tertiary/aromatic N) is 4. The Kier molecular flexibility index (Phi) is 7.28. The number of pyridine rings is 2. The maximum atomic E-state index is 13.4. The van der Waals surface area contributed by atoms with Gasteiger partial charge >= 0.3 is 0 Å². The van der Waals surface area contributed by atoms with Crippen molar-refractivity contribution < 1.29 is 14.3 Å². The molecule has 3 aromatic carbocycles. The first kappa shape index (κ1) is 27.8. The zero-order valence-corrected chi connectivity index (χ0v) is 25.1. The monoisotopic (exact) mass is 608 g/mol. The number of carbonyl (C=O) groups is 1. The van der Waals surface area contributed by atoms with Crippen LogP contribution in [0.1, 0.15) is 15.9 Å². The molecule has 0 saturated carbocycles. The standard InChI is InChI=1S/C37H32N6O3/c44-37-30-10-5-26(31-24-43(36-3-1-2-14-39-36)35-23-38-15-12-29(31)35)22-33(30)40-32-11-4-25(21-34(32)41-37)13-18-46-28-8-6-27(7-9-28)42-16-19-45-20-17-42/h1-12,14-15,21-24,40H,13,16-20H2,(H,41,44). The number of morpholine rings is 1. The Bertz CT molecular complexity index is 2030. The number of carbonyl (C=O) groups excluding carboxylic acids is 1. The second-order valence-electron chi connectivity index (χ2n) is 11.4. The fourth-order valence-electron chi connectivity index (χ4n) is 6.16. The molecule has 3 aromatic heterocycles. The second kappa shape index (κ2) is 12.0. The minimum absolute atomic E-state index is 0.151. The van der Waals surface area contributed by atoms with Gasteiger partial charge in [-0.25, -0.2) is 4.98 Å². The molecule has 0 aliphatic carbocycles. The number of benzene rings is 3. The Morgan fingerprint density at radius 2 is 1.72 bits per heavy atom. The molecule has 2 N–H and O–H groups in total. The van der Waals surface area contributed by atoms with Gasteiger partial charge in [-0.05, 0) is 77.9 Å². The molecule has 0 unspecified atom stereocenters. The molecule has 6 aromatic rings. The lowest BCUT2D eigenvalue weighted by Crippen LogP contribution is -2.36. The van der Waals surface area contributed by atoms with Gasteiger partial charge in [0, 0.05) is 54.7 Å². The van der Waals surface area contributed by atoms with Crippen LogP contribution in [0, 0.1) is 0 Å². The molecule has 0 bridgehead atoms. The number of rotatable bonds is 7. The fourth-order valence-corrected chi connectivity index (χ4v) is 6.16. The molecule has 0 atom stereocenters. The summed E-state index contributed by atoms with van der Waals surface area (Å²) in [7, 11) is 0. The van der Waals surface area contributed by atoms with Crippen molar-refractivity contribution in [3.63, 3.8) is 0 Å². The predicted octanol–water partition coefficient (Wildman–Crippen LogP) is 6.85. The summed E-state index contributed by atoms with van der Waals surface area (Å²) in [6.45, 7) is 3.87. The van der Waals surface area contributed by atoms with E-state index in [1.807, 2.05) is 77.5 Å². The van der Waals surface area contributed by atoms with Crippen molar-refractivity contribution in [2.45, 2.75) is 6.42 Å². The lowest BCUT2D eigenvalue weighted by molar-refractivity contribution is 0.102. The third kappa shape index (κ3) is 5.41. The van der Waals surface area contributed by atoms with Crippen LogP contribution in [-0.2, 0) is 11.2 Å². The molecule has 46 heavy (non-hydrogen) atoms. The Labute approximate surface area is 266 Å². The van der Waals surface area contributed by atoms with E-state index in [9.17, 15) is 4.79 Å². The van der Waals surface area contributed by atoms with Crippen molar-refractivity contribution in [1.82, 2.24) is 14.5 Å². The third-order valence-electron chi connectivity index (χ3n) is 8.55. The maximum Gasteiger partial charge on any atom is 0.257 e. The molecule has 228 valence electrons. The predicted molar refractivity (Wildman–Crippen MR) is 181 cm³/mol. The van der Waals surface area contributed by atoms with Crippen LogP contribution < -0.4 is 20.3 Å². The van der Waals surface area contributed by atoms with E-state index in [1.165, 1.54) is 5.69 Å². The zero-order valence-electron chi connectivity index (χ0n) is 25.1. The summed E-state index contributed by atoms with van der Waals surface area (Å²) in [4.78, 5) is 24.6. The molecule has 2 aliphatic rings. The van der Waals surface area contributed by atoms with Gasteiger partial charge in [0.25, 0.3) is 5.91 Å². The summed E-state index contributed by atoms with van der Waals surface area (Å²) in [5, 5.41) is 7.67. The summed E-state index contributed by atoms with van der Waals surface area (Å²) in [5.41, 5.74) is 8.16. The van der Waals surface area contributed by atoms with Crippen LogP contribution in [-0.4, -0.2) is 53.4 Å². The van der Waals surface area contributed by atoms with Crippen LogP contribution in [0.4, 0.5) is 22.7 Å². The molecular formula is C37H32N6O3. The maximum absolute atomic E-state index is 13.4. The molecule has 0 spiro atoms. The van der Waals surface area contributed by atoms with E-state index in [2.05, 4.69) is 49.9 Å². The summed E-state index contributed by atoms with van der Waals surface area (Å²) in [6, 6.07) is 28.1. The number of nitrogens with one attached hydrogen (secondary N) is 2. The Hall–Kier alpha value is -5.67. The summed E-state index contributed by atoms with van der Waals surface area (Å²) in [5.74, 6) is 1.50. The van der Waals surface area contributed by atoms with E-state index in [0.29, 0.717) is 18.6 Å². The second-order valence-corrected chi connectivity index (χ2v) is 11.4. The molecule has 8 rings (SSSR count). The highest BCUT2D eigenvalue weighted by atomic mass is 16.5. The van der Waals surface area contributed by atoms with Gasteiger partial charge in [0.1, 0.15) is 11.6 Å². The number of amides is 1. The highest BCUT2D eigenvalue weighted by Gasteiger charge is 2.21. The van der Waals surface area contributed by atoms with Gasteiger partial charge in [-0.3, -0.25) is 14.3 Å². The van der Waals surface area contributed by atoms with Gasteiger partial charge in [0.15, 0.2) is 0 Å². The molecule has 2 aliphatic heterocycles. The summed E-state index contributed by atoms with van der Waals surface area (Å²) >= 11 is 0. The smallest absolute Gasteiger partial charge is 0.257 e. The van der Waals surface area contributed by atoms with Crippen molar-refractivity contribution >= 4 is 39.6 Å². The zero-order chi connectivity index (χ0) is 30.9. The Morgan fingerprint density at radius 1 is 0.826 bits per heavy atom. The van der Waals surface area contributed by atoms with E-state index < -0.39 is 0 Å². The van der Waals surface area contributed by atoms with Gasteiger partial charge < -0.3 is 25.0 Å². The highest BCUT2D eigenvalue weighted by molar-refractivity contribution is 6.13. The molecule has 5 heterocycles. The van der Waals surface area contributed by atoms with Crippen LogP contribution >= 0.6 is 0 Å². The third-order valence-corrected chi connectivity index (χ3v) is 8.55. The molecule has 9 heteroatoms. The number of aromatic nitrogens is 3. The first-order valence-electron chi connectivity index (χ1n) is 15.5. The van der Waals surface area contributed by atoms with E-state index in [0.717, 1.165) is 82.5 Å². The van der Waals surface area contributed by atoms with Gasteiger partial charge in [-0.1, -0.05) is 18.2 Å². The number of hydrogen-bond acceptors (Lipinski definition) is 7. The first-order valence-corrected chi connectivity index (χ1v) is 15.5.